The highest BCUT2D eigenvalue weighted by atomic mass is 14.9. The van der Waals surface area contributed by atoms with Crippen LogP contribution >= 0.6 is 0 Å². The number of benzene rings is 1. The highest BCUT2D eigenvalue weighted by Gasteiger charge is 1.97. The van der Waals surface area contributed by atoms with Crippen LogP contribution in [0.4, 0.5) is 0 Å². The van der Waals surface area contributed by atoms with E-state index in [4.69, 9.17) is 0 Å². The van der Waals surface area contributed by atoms with Gasteiger partial charge in [-0.15, -0.1) is 0 Å². The van der Waals surface area contributed by atoms with Crippen LogP contribution in [0.25, 0.3) is 0 Å². The maximum Gasteiger partial charge on any atom is 0.00105 e. The van der Waals surface area contributed by atoms with Crippen molar-refractivity contribution in [2.24, 2.45) is 0 Å². The van der Waals surface area contributed by atoms with Crippen molar-refractivity contribution in [1.82, 2.24) is 5.32 Å². The average molecular weight is 191 g/mol. The fraction of sp³-hybridized carbons (Fsp3) is 0.538. The highest BCUT2D eigenvalue weighted by Crippen LogP contribution is 2.08. The molecule has 0 spiro atoms. The van der Waals surface area contributed by atoms with Gasteiger partial charge in [-0.2, -0.15) is 0 Å². The Balaban J connectivity index is 2.50. The number of hydrogen-bond acceptors (Lipinski definition) is 1. The van der Waals surface area contributed by atoms with E-state index in [1.807, 2.05) is 0 Å². The molecule has 0 fully saturated rings. The standard InChI is InChI=1S/C13H21N/c1-10(2)14-6-5-13-8-11(3)7-12(4)9-13/h7-10,14H,5-6H2,1-4H3. The maximum atomic E-state index is 3.43. The first-order chi connectivity index (χ1) is 6.58. The molecule has 1 N–H and O–H groups in total. The molecule has 78 valence electrons. The monoisotopic (exact) mass is 191 g/mol. The van der Waals surface area contributed by atoms with Crippen molar-refractivity contribution >= 4 is 0 Å². The van der Waals surface area contributed by atoms with Crippen molar-refractivity contribution in [1.29, 1.82) is 0 Å². The van der Waals surface area contributed by atoms with Crippen molar-refractivity contribution in [3.8, 4) is 0 Å². The lowest BCUT2D eigenvalue weighted by Crippen LogP contribution is -2.24. The van der Waals surface area contributed by atoms with Gasteiger partial charge in [0.1, 0.15) is 0 Å². The third kappa shape index (κ3) is 3.93. The molecular weight excluding hydrogens is 170 g/mol. The number of aryl methyl sites for hydroxylation is 2. The summed E-state index contributed by atoms with van der Waals surface area (Å²) in [6, 6.07) is 7.35. The van der Waals surface area contributed by atoms with Crippen LogP contribution in [0, 0.1) is 13.8 Å². The van der Waals surface area contributed by atoms with Crippen molar-refractivity contribution in [3.63, 3.8) is 0 Å². The van der Waals surface area contributed by atoms with Crippen LogP contribution in [0.1, 0.15) is 30.5 Å². The zero-order chi connectivity index (χ0) is 10.6. The molecule has 1 nitrogen and oxygen atoms in total. The predicted molar refractivity (Wildman–Crippen MR) is 62.8 cm³/mol. The van der Waals surface area contributed by atoms with Crippen molar-refractivity contribution in [3.05, 3.63) is 34.9 Å². The van der Waals surface area contributed by atoms with E-state index < -0.39 is 0 Å². The normalized spacial score (nSPS) is 10.9. The van der Waals surface area contributed by atoms with Crippen LogP contribution in [-0.2, 0) is 6.42 Å². The molecule has 0 radical (unpaired) electrons. The smallest absolute Gasteiger partial charge is 0.00105 e. The molecule has 0 aromatic heterocycles. The minimum atomic E-state index is 0.584. The zero-order valence-electron chi connectivity index (χ0n) is 9.72. The SMILES string of the molecule is Cc1cc(C)cc(CCNC(C)C)c1. The van der Waals surface area contributed by atoms with Gasteiger partial charge >= 0.3 is 0 Å². The van der Waals surface area contributed by atoms with Gasteiger partial charge in [0.2, 0.25) is 0 Å². The summed E-state index contributed by atoms with van der Waals surface area (Å²) in [5.74, 6) is 0. The molecule has 14 heavy (non-hydrogen) atoms. The molecule has 1 aromatic carbocycles. The van der Waals surface area contributed by atoms with Gasteiger partial charge in [-0.25, -0.2) is 0 Å². The molecule has 0 saturated heterocycles. The summed E-state index contributed by atoms with van der Waals surface area (Å²) in [5.41, 5.74) is 4.17. The summed E-state index contributed by atoms with van der Waals surface area (Å²) in [6.45, 7) is 9.75. The second-order valence-corrected chi connectivity index (χ2v) is 4.35. The number of nitrogens with one attached hydrogen (secondary N) is 1. The van der Waals surface area contributed by atoms with E-state index in [9.17, 15) is 0 Å². The third-order valence-electron chi connectivity index (χ3n) is 2.25. The summed E-state index contributed by atoms with van der Waals surface area (Å²) in [7, 11) is 0. The predicted octanol–water partition coefficient (Wildman–Crippen LogP) is 2.84. The average Bonchev–Trinajstić information content (AvgIpc) is 2.01. The van der Waals surface area contributed by atoms with Gasteiger partial charge in [0.15, 0.2) is 0 Å². The molecule has 1 heteroatoms. The first kappa shape index (κ1) is 11.3. The zero-order valence-corrected chi connectivity index (χ0v) is 9.72. The van der Waals surface area contributed by atoms with Gasteiger partial charge in [0.05, 0.1) is 0 Å². The quantitative estimate of drug-likeness (QED) is 0.771. The van der Waals surface area contributed by atoms with Crippen LogP contribution < -0.4 is 5.32 Å². The molecule has 0 unspecified atom stereocenters. The molecule has 1 aromatic rings. The second-order valence-electron chi connectivity index (χ2n) is 4.35. The summed E-state index contributed by atoms with van der Waals surface area (Å²) >= 11 is 0. The number of rotatable bonds is 4. The lowest BCUT2D eigenvalue weighted by Gasteiger charge is -2.09. The van der Waals surface area contributed by atoms with Gasteiger partial charge < -0.3 is 5.32 Å². The first-order valence-corrected chi connectivity index (χ1v) is 5.38. The van der Waals surface area contributed by atoms with E-state index in [-0.39, 0.29) is 0 Å². The van der Waals surface area contributed by atoms with Gasteiger partial charge in [-0.1, -0.05) is 43.2 Å². The molecule has 0 heterocycles. The summed E-state index contributed by atoms with van der Waals surface area (Å²) in [6.07, 6.45) is 1.13. The van der Waals surface area contributed by atoms with E-state index in [2.05, 4.69) is 51.2 Å². The van der Waals surface area contributed by atoms with Crippen LogP contribution in [0.5, 0.6) is 0 Å². The van der Waals surface area contributed by atoms with E-state index in [0.717, 1.165) is 13.0 Å². The Morgan fingerprint density at radius 1 is 1.07 bits per heavy atom. The Kier molecular flexibility index (Phi) is 4.15. The fourth-order valence-corrected chi connectivity index (χ4v) is 1.72. The molecule has 0 aliphatic carbocycles. The molecule has 0 aliphatic heterocycles. The summed E-state index contributed by atoms with van der Waals surface area (Å²) in [5, 5.41) is 3.43. The van der Waals surface area contributed by atoms with Gasteiger partial charge in [-0.05, 0) is 32.4 Å². The topological polar surface area (TPSA) is 12.0 Å². The molecule has 0 atom stereocenters. The Bertz CT molecular complexity index is 269. The molecule has 0 saturated carbocycles. The summed E-state index contributed by atoms with van der Waals surface area (Å²) < 4.78 is 0. The van der Waals surface area contributed by atoms with Crippen molar-refractivity contribution in [2.75, 3.05) is 6.54 Å². The van der Waals surface area contributed by atoms with Gasteiger partial charge in [-0.3, -0.25) is 0 Å². The Morgan fingerprint density at radius 2 is 1.64 bits per heavy atom. The van der Waals surface area contributed by atoms with E-state index in [1.54, 1.807) is 0 Å². The lowest BCUT2D eigenvalue weighted by atomic mass is 10.1. The molecular formula is C13H21N. The van der Waals surface area contributed by atoms with Gasteiger partial charge in [0, 0.05) is 6.04 Å². The largest absolute Gasteiger partial charge is 0.314 e. The van der Waals surface area contributed by atoms with E-state index >= 15 is 0 Å². The molecule has 0 aliphatic rings. The molecule has 1 rings (SSSR count). The first-order valence-electron chi connectivity index (χ1n) is 5.38. The van der Waals surface area contributed by atoms with Crippen LogP contribution in [-0.4, -0.2) is 12.6 Å². The molecule has 0 amide bonds. The van der Waals surface area contributed by atoms with Crippen LogP contribution in [0.2, 0.25) is 0 Å². The van der Waals surface area contributed by atoms with Crippen molar-refractivity contribution in [2.45, 2.75) is 40.2 Å². The fourth-order valence-electron chi connectivity index (χ4n) is 1.72. The lowest BCUT2D eigenvalue weighted by molar-refractivity contribution is 0.590. The van der Waals surface area contributed by atoms with Crippen LogP contribution in [0.15, 0.2) is 18.2 Å². The Hall–Kier alpha value is -0.820. The Morgan fingerprint density at radius 3 is 2.14 bits per heavy atom. The molecule has 0 bridgehead atoms. The number of hydrogen-bond donors (Lipinski definition) is 1. The minimum absolute atomic E-state index is 0.584. The van der Waals surface area contributed by atoms with Crippen LogP contribution in [0.3, 0.4) is 0 Å². The third-order valence-corrected chi connectivity index (χ3v) is 2.25. The van der Waals surface area contributed by atoms with Gasteiger partial charge in [0.25, 0.3) is 0 Å². The minimum Gasteiger partial charge on any atom is -0.314 e. The second kappa shape index (κ2) is 5.16. The maximum absolute atomic E-state index is 3.43. The summed E-state index contributed by atoms with van der Waals surface area (Å²) in [4.78, 5) is 0. The van der Waals surface area contributed by atoms with Crippen molar-refractivity contribution < 1.29 is 0 Å². The van der Waals surface area contributed by atoms with E-state index in [0.29, 0.717) is 6.04 Å². The Labute approximate surface area is 87.5 Å². The highest BCUT2D eigenvalue weighted by molar-refractivity contribution is 5.28. The van der Waals surface area contributed by atoms with E-state index in [1.165, 1.54) is 16.7 Å².